The topological polar surface area (TPSA) is 23.5 Å². The van der Waals surface area contributed by atoms with Crippen molar-refractivity contribution in [1.29, 1.82) is 0 Å². The van der Waals surface area contributed by atoms with Crippen LogP contribution in [-0.2, 0) is 0 Å². The fourth-order valence-electron chi connectivity index (χ4n) is 2.81. The molecule has 2 heteroatoms. The molecule has 2 rings (SSSR count). The Morgan fingerprint density at radius 1 is 1.21 bits per heavy atom. The second kappa shape index (κ2) is 7.06. The Morgan fingerprint density at radius 2 is 1.95 bits per heavy atom. The number of likely N-dealkylation sites (tertiary alicyclic amines) is 1. The predicted molar refractivity (Wildman–Crippen MR) is 80.2 cm³/mol. The van der Waals surface area contributed by atoms with Gasteiger partial charge in [-0.1, -0.05) is 36.8 Å². The molecule has 0 aromatic heterocycles. The molecule has 1 aliphatic heterocycles. The molecule has 1 aliphatic rings. The standard InChI is InChI=1S/C17H27NO/c1-14-4-3-11-18(12-9-14)13-10-17(19)16-7-5-15(2)6-8-16/h5-8,14,17,19H,3-4,9-13H2,1-2H3. The summed E-state index contributed by atoms with van der Waals surface area (Å²) in [6.07, 6.45) is 4.50. The van der Waals surface area contributed by atoms with Crippen molar-refractivity contribution in [3.05, 3.63) is 35.4 Å². The molecule has 1 aromatic rings. The highest BCUT2D eigenvalue weighted by molar-refractivity contribution is 5.22. The van der Waals surface area contributed by atoms with Gasteiger partial charge in [-0.25, -0.2) is 0 Å². The molecule has 1 heterocycles. The molecule has 0 amide bonds. The molecular formula is C17H27NO. The zero-order valence-electron chi connectivity index (χ0n) is 12.3. The molecular weight excluding hydrogens is 234 g/mol. The van der Waals surface area contributed by atoms with Crippen LogP contribution in [0.5, 0.6) is 0 Å². The molecule has 0 aliphatic carbocycles. The SMILES string of the molecule is Cc1ccc(C(O)CCN2CCCC(C)CC2)cc1. The van der Waals surface area contributed by atoms with Crippen LogP contribution in [0.15, 0.2) is 24.3 Å². The molecule has 1 aromatic carbocycles. The number of hydrogen-bond acceptors (Lipinski definition) is 2. The second-order valence-electron chi connectivity index (χ2n) is 6.09. The third kappa shape index (κ3) is 4.63. The van der Waals surface area contributed by atoms with Gasteiger partial charge < -0.3 is 10.0 Å². The van der Waals surface area contributed by atoms with Gasteiger partial charge in [0.1, 0.15) is 0 Å². The second-order valence-corrected chi connectivity index (χ2v) is 6.09. The summed E-state index contributed by atoms with van der Waals surface area (Å²) in [5, 5.41) is 10.2. The van der Waals surface area contributed by atoms with Crippen LogP contribution in [0.3, 0.4) is 0 Å². The Morgan fingerprint density at radius 3 is 2.68 bits per heavy atom. The van der Waals surface area contributed by atoms with E-state index in [4.69, 9.17) is 0 Å². The predicted octanol–water partition coefficient (Wildman–Crippen LogP) is 3.54. The van der Waals surface area contributed by atoms with Gasteiger partial charge in [0, 0.05) is 6.54 Å². The van der Waals surface area contributed by atoms with Crippen LogP contribution >= 0.6 is 0 Å². The lowest BCUT2D eigenvalue weighted by Crippen LogP contribution is -2.27. The first-order valence-corrected chi connectivity index (χ1v) is 7.62. The van der Waals surface area contributed by atoms with Crippen LogP contribution in [0.25, 0.3) is 0 Å². The van der Waals surface area contributed by atoms with Crippen LogP contribution in [0.1, 0.15) is 49.8 Å². The molecule has 19 heavy (non-hydrogen) atoms. The zero-order valence-corrected chi connectivity index (χ0v) is 12.3. The van der Waals surface area contributed by atoms with E-state index < -0.39 is 0 Å². The quantitative estimate of drug-likeness (QED) is 0.896. The van der Waals surface area contributed by atoms with Gasteiger partial charge >= 0.3 is 0 Å². The minimum Gasteiger partial charge on any atom is -0.388 e. The van der Waals surface area contributed by atoms with E-state index in [0.717, 1.165) is 24.4 Å². The number of aliphatic hydroxyl groups excluding tert-OH is 1. The third-order valence-corrected chi connectivity index (χ3v) is 4.29. The Hall–Kier alpha value is -0.860. The Kier molecular flexibility index (Phi) is 5.41. The summed E-state index contributed by atoms with van der Waals surface area (Å²) in [5.41, 5.74) is 2.30. The lowest BCUT2D eigenvalue weighted by Gasteiger charge is -2.21. The number of aliphatic hydroxyl groups is 1. The Balaban J connectivity index is 1.79. The van der Waals surface area contributed by atoms with E-state index >= 15 is 0 Å². The van der Waals surface area contributed by atoms with Gasteiger partial charge in [0.15, 0.2) is 0 Å². The lowest BCUT2D eigenvalue weighted by molar-refractivity contribution is 0.142. The maximum atomic E-state index is 10.2. The average molecular weight is 261 g/mol. The van der Waals surface area contributed by atoms with Crippen molar-refractivity contribution < 1.29 is 5.11 Å². The summed E-state index contributed by atoms with van der Waals surface area (Å²) in [6.45, 7) is 7.84. The van der Waals surface area contributed by atoms with Crippen molar-refractivity contribution in [2.24, 2.45) is 5.92 Å². The minimum atomic E-state index is -0.318. The normalized spacial score (nSPS) is 23.0. The van der Waals surface area contributed by atoms with Gasteiger partial charge in [0.05, 0.1) is 6.10 Å². The van der Waals surface area contributed by atoms with Crippen molar-refractivity contribution in [2.75, 3.05) is 19.6 Å². The van der Waals surface area contributed by atoms with E-state index in [2.05, 4.69) is 30.9 Å². The van der Waals surface area contributed by atoms with E-state index in [9.17, 15) is 5.11 Å². The third-order valence-electron chi connectivity index (χ3n) is 4.29. The van der Waals surface area contributed by atoms with Gasteiger partial charge in [-0.15, -0.1) is 0 Å². The summed E-state index contributed by atoms with van der Waals surface area (Å²) in [6, 6.07) is 8.24. The first-order chi connectivity index (χ1) is 9.15. The van der Waals surface area contributed by atoms with Gasteiger partial charge in [0.25, 0.3) is 0 Å². The van der Waals surface area contributed by atoms with E-state index in [1.807, 2.05) is 12.1 Å². The number of rotatable bonds is 4. The van der Waals surface area contributed by atoms with E-state index in [1.54, 1.807) is 0 Å². The van der Waals surface area contributed by atoms with Crippen LogP contribution in [-0.4, -0.2) is 29.6 Å². The highest BCUT2D eigenvalue weighted by Gasteiger charge is 2.15. The van der Waals surface area contributed by atoms with E-state index in [-0.39, 0.29) is 6.10 Å². The lowest BCUT2D eigenvalue weighted by atomic mass is 10.0. The highest BCUT2D eigenvalue weighted by Crippen LogP contribution is 2.20. The van der Waals surface area contributed by atoms with Crippen molar-refractivity contribution in [2.45, 2.75) is 45.6 Å². The van der Waals surface area contributed by atoms with E-state index in [0.29, 0.717) is 0 Å². The van der Waals surface area contributed by atoms with Crippen LogP contribution in [0.4, 0.5) is 0 Å². The monoisotopic (exact) mass is 261 g/mol. The molecule has 1 saturated heterocycles. The molecule has 106 valence electrons. The molecule has 2 unspecified atom stereocenters. The van der Waals surface area contributed by atoms with Gasteiger partial charge in [-0.05, 0) is 57.2 Å². The van der Waals surface area contributed by atoms with Crippen molar-refractivity contribution in [3.8, 4) is 0 Å². The summed E-state index contributed by atoms with van der Waals surface area (Å²) in [4.78, 5) is 2.51. The number of hydrogen-bond donors (Lipinski definition) is 1. The molecule has 2 nitrogen and oxygen atoms in total. The number of nitrogens with zero attached hydrogens (tertiary/aromatic N) is 1. The number of benzene rings is 1. The fourth-order valence-corrected chi connectivity index (χ4v) is 2.81. The molecule has 0 saturated carbocycles. The van der Waals surface area contributed by atoms with Gasteiger partial charge in [-0.2, -0.15) is 0 Å². The van der Waals surface area contributed by atoms with Crippen molar-refractivity contribution in [3.63, 3.8) is 0 Å². The van der Waals surface area contributed by atoms with Gasteiger partial charge in [-0.3, -0.25) is 0 Å². The van der Waals surface area contributed by atoms with E-state index in [1.165, 1.54) is 37.9 Å². The summed E-state index contributed by atoms with van der Waals surface area (Å²) in [5.74, 6) is 0.868. The summed E-state index contributed by atoms with van der Waals surface area (Å²) >= 11 is 0. The Bertz CT molecular complexity index is 373. The van der Waals surface area contributed by atoms with Crippen LogP contribution < -0.4 is 0 Å². The average Bonchev–Trinajstić information content (AvgIpc) is 2.61. The first kappa shape index (κ1) is 14.5. The maximum Gasteiger partial charge on any atom is 0.0802 e. The fraction of sp³-hybridized carbons (Fsp3) is 0.647. The molecule has 2 atom stereocenters. The highest BCUT2D eigenvalue weighted by atomic mass is 16.3. The molecule has 0 radical (unpaired) electrons. The van der Waals surface area contributed by atoms with Crippen molar-refractivity contribution in [1.82, 2.24) is 4.90 Å². The summed E-state index contributed by atoms with van der Waals surface area (Å²) in [7, 11) is 0. The summed E-state index contributed by atoms with van der Waals surface area (Å²) < 4.78 is 0. The Labute approximate surface area is 117 Å². The molecule has 1 fully saturated rings. The smallest absolute Gasteiger partial charge is 0.0802 e. The van der Waals surface area contributed by atoms with Gasteiger partial charge in [0.2, 0.25) is 0 Å². The molecule has 0 spiro atoms. The zero-order chi connectivity index (χ0) is 13.7. The largest absolute Gasteiger partial charge is 0.388 e. The first-order valence-electron chi connectivity index (χ1n) is 7.62. The number of aryl methyl sites for hydroxylation is 1. The van der Waals surface area contributed by atoms with Crippen LogP contribution in [0.2, 0.25) is 0 Å². The maximum absolute atomic E-state index is 10.2. The minimum absolute atomic E-state index is 0.318. The molecule has 1 N–H and O–H groups in total. The molecule has 0 bridgehead atoms. The van der Waals surface area contributed by atoms with Crippen molar-refractivity contribution >= 4 is 0 Å². The van der Waals surface area contributed by atoms with Crippen LogP contribution in [0, 0.1) is 12.8 Å².